The van der Waals surface area contributed by atoms with Gasteiger partial charge in [0, 0.05) is 32.7 Å². The van der Waals surface area contributed by atoms with Crippen molar-refractivity contribution in [2.24, 2.45) is 5.41 Å². The molecule has 3 aliphatic rings. The molecule has 2 saturated heterocycles. The van der Waals surface area contributed by atoms with Crippen LogP contribution in [0.5, 0.6) is 0 Å². The molecule has 19 heavy (non-hydrogen) atoms. The molecule has 108 valence electrons. The average Bonchev–Trinajstić information content (AvgIpc) is 2.32. The highest BCUT2D eigenvalue weighted by Crippen LogP contribution is 2.40. The van der Waals surface area contributed by atoms with Crippen molar-refractivity contribution in [3.63, 3.8) is 0 Å². The van der Waals surface area contributed by atoms with Crippen LogP contribution in [0.4, 0.5) is 0 Å². The Bertz CT molecular complexity index is 372. The SMILES string of the molecule is CN(CCC1(C)CSC1)C1=CC2(CCN2)CCN1C. The summed E-state index contributed by atoms with van der Waals surface area (Å²) >= 11 is 2.09. The molecule has 1 N–H and O–H groups in total. The van der Waals surface area contributed by atoms with Crippen molar-refractivity contribution in [1.29, 1.82) is 0 Å². The Hall–Kier alpha value is -0.350. The van der Waals surface area contributed by atoms with Gasteiger partial charge in [0.2, 0.25) is 0 Å². The summed E-state index contributed by atoms with van der Waals surface area (Å²) in [6.45, 7) is 5.98. The van der Waals surface area contributed by atoms with Crippen LogP contribution >= 0.6 is 11.8 Å². The minimum atomic E-state index is 0.326. The molecule has 0 bridgehead atoms. The van der Waals surface area contributed by atoms with E-state index in [1.54, 1.807) is 0 Å². The molecule has 2 fully saturated rings. The Labute approximate surface area is 121 Å². The quantitative estimate of drug-likeness (QED) is 0.849. The van der Waals surface area contributed by atoms with Crippen LogP contribution in [0.1, 0.15) is 26.2 Å². The van der Waals surface area contributed by atoms with E-state index < -0.39 is 0 Å². The summed E-state index contributed by atoms with van der Waals surface area (Å²) in [5, 5.41) is 3.63. The molecule has 3 nitrogen and oxygen atoms in total. The molecule has 3 heterocycles. The fourth-order valence-corrected chi connectivity index (χ4v) is 4.43. The molecule has 0 aromatic carbocycles. The molecular formula is C15H27N3S. The lowest BCUT2D eigenvalue weighted by Crippen LogP contribution is -2.59. The highest BCUT2D eigenvalue weighted by Gasteiger charge is 2.39. The Morgan fingerprint density at radius 2 is 2.16 bits per heavy atom. The van der Waals surface area contributed by atoms with E-state index in [-0.39, 0.29) is 0 Å². The average molecular weight is 281 g/mol. The second kappa shape index (κ2) is 4.88. The van der Waals surface area contributed by atoms with Gasteiger partial charge in [-0.1, -0.05) is 6.92 Å². The van der Waals surface area contributed by atoms with E-state index in [1.807, 2.05) is 0 Å². The maximum absolute atomic E-state index is 3.63. The standard InChI is InChI=1S/C15H27N3S/c1-14(11-19-12-14)5-8-17(2)13-10-15(4-7-16-15)6-9-18(13)3/h10,16H,4-9,11-12H2,1-3H3. The molecule has 1 unspecified atom stereocenters. The fraction of sp³-hybridized carbons (Fsp3) is 0.867. The predicted octanol–water partition coefficient (Wildman–Crippen LogP) is 1.97. The number of rotatable bonds is 4. The maximum atomic E-state index is 3.63. The lowest BCUT2D eigenvalue weighted by molar-refractivity contribution is 0.158. The number of nitrogens with zero attached hydrogens (tertiary/aromatic N) is 2. The molecule has 1 spiro atoms. The summed E-state index contributed by atoms with van der Waals surface area (Å²) in [5.74, 6) is 4.12. The van der Waals surface area contributed by atoms with Crippen LogP contribution in [0, 0.1) is 5.41 Å². The molecule has 1 atom stereocenters. The molecule has 3 rings (SSSR count). The Morgan fingerprint density at radius 3 is 2.68 bits per heavy atom. The zero-order valence-electron chi connectivity index (χ0n) is 12.5. The summed E-state index contributed by atoms with van der Waals surface area (Å²) in [5.41, 5.74) is 0.922. The maximum Gasteiger partial charge on any atom is 0.101 e. The van der Waals surface area contributed by atoms with Crippen LogP contribution in [0.3, 0.4) is 0 Å². The summed E-state index contributed by atoms with van der Waals surface area (Å²) in [7, 11) is 4.49. The second-order valence-electron chi connectivity index (χ2n) is 6.98. The van der Waals surface area contributed by atoms with Crippen LogP contribution in [-0.4, -0.2) is 60.6 Å². The fourth-order valence-electron chi connectivity index (χ4n) is 3.24. The van der Waals surface area contributed by atoms with Gasteiger partial charge in [0.25, 0.3) is 0 Å². The minimum Gasteiger partial charge on any atom is -0.362 e. The summed E-state index contributed by atoms with van der Waals surface area (Å²) < 4.78 is 0. The van der Waals surface area contributed by atoms with Crippen LogP contribution < -0.4 is 5.32 Å². The number of thioether (sulfide) groups is 1. The van der Waals surface area contributed by atoms with Crippen molar-refractivity contribution < 1.29 is 0 Å². The number of hydrogen-bond acceptors (Lipinski definition) is 4. The first kappa shape index (κ1) is 13.6. The van der Waals surface area contributed by atoms with E-state index >= 15 is 0 Å². The van der Waals surface area contributed by atoms with Crippen molar-refractivity contribution in [1.82, 2.24) is 15.1 Å². The third kappa shape index (κ3) is 2.62. The third-order valence-corrected chi connectivity index (χ3v) is 6.88. The zero-order valence-corrected chi connectivity index (χ0v) is 13.4. The lowest BCUT2D eigenvalue weighted by Gasteiger charge is -2.48. The minimum absolute atomic E-state index is 0.326. The van der Waals surface area contributed by atoms with Crippen LogP contribution in [0.2, 0.25) is 0 Å². The first-order valence-corrected chi connectivity index (χ1v) is 8.65. The molecule has 0 aromatic heterocycles. The molecule has 0 radical (unpaired) electrons. The largest absolute Gasteiger partial charge is 0.362 e. The zero-order chi connectivity index (χ0) is 13.5. The van der Waals surface area contributed by atoms with E-state index in [2.05, 4.69) is 54.0 Å². The summed E-state index contributed by atoms with van der Waals surface area (Å²) in [6.07, 6.45) is 6.38. The van der Waals surface area contributed by atoms with Gasteiger partial charge in [0.1, 0.15) is 5.82 Å². The van der Waals surface area contributed by atoms with Crippen LogP contribution in [-0.2, 0) is 0 Å². The molecular weight excluding hydrogens is 254 g/mol. The Morgan fingerprint density at radius 1 is 1.42 bits per heavy atom. The van der Waals surface area contributed by atoms with Gasteiger partial charge in [-0.15, -0.1) is 0 Å². The van der Waals surface area contributed by atoms with Crippen molar-refractivity contribution in [2.45, 2.75) is 31.7 Å². The van der Waals surface area contributed by atoms with E-state index in [0.717, 1.165) is 0 Å². The highest BCUT2D eigenvalue weighted by molar-refractivity contribution is 8.00. The molecule has 0 saturated carbocycles. The van der Waals surface area contributed by atoms with Crippen LogP contribution in [0.25, 0.3) is 0 Å². The van der Waals surface area contributed by atoms with Gasteiger partial charge in [-0.25, -0.2) is 0 Å². The topological polar surface area (TPSA) is 18.5 Å². The van der Waals surface area contributed by atoms with E-state index in [1.165, 1.54) is 56.2 Å². The first-order valence-electron chi connectivity index (χ1n) is 7.50. The van der Waals surface area contributed by atoms with Gasteiger partial charge in [0.15, 0.2) is 0 Å². The van der Waals surface area contributed by atoms with E-state index in [4.69, 9.17) is 0 Å². The Kier molecular flexibility index (Phi) is 3.50. The van der Waals surface area contributed by atoms with Crippen LogP contribution in [0.15, 0.2) is 11.9 Å². The third-order valence-electron chi connectivity index (χ3n) is 5.08. The highest BCUT2D eigenvalue weighted by atomic mass is 32.2. The monoisotopic (exact) mass is 281 g/mol. The van der Waals surface area contributed by atoms with E-state index in [0.29, 0.717) is 11.0 Å². The van der Waals surface area contributed by atoms with Gasteiger partial charge in [0.05, 0.1) is 0 Å². The second-order valence-corrected chi connectivity index (χ2v) is 7.97. The molecule has 0 amide bonds. The Balaban J connectivity index is 1.62. The van der Waals surface area contributed by atoms with Gasteiger partial charge in [-0.05, 0) is 48.8 Å². The van der Waals surface area contributed by atoms with Gasteiger partial charge >= 0.3 is 0 Å². The molecule has 4 heteroatoms. The van der Waals surface area contributed by atoms with Crippen molar-refractivity contribution in [3.05, 3.63) is 11.9 Å². The number of hydrogen-bond donors (Lipinski definition) is 1. The lowest BCUT2D eigenvalue weighted by atomic mass is 9.82. The molecule has 0 aromatic rings. The van der Waals surface area contributed by atoms with Gasteiger partial charge in [-0.3, -0.25) is 0 Å². The molecule has 3 aliphatic heterocycles. The summed E-state index contributed by atoms with van der Waals surface area (Å²) in [6, 6.07) is 0. The number of nitrogens with one attached hydrogen (secondary N) is 1. The van der Waals surface area contributed by atoms with E-state index in [9.17, 15) is 0 Å². The normalized spacial score (nSPS) is 32.6. The van der Waals surface area contributed by atoms with Crippen molar-refractivity contribution in [3.8, 4) is 0 Å². The predicted molar refractivity (Wildman–Crippen MR) is 83.4 cm³/mol. The van der Waals surface area contributed by atoms with Crippen molar-refractivity contribution in [2.75, 3.05) is 45.2 Å². The van der Waals surface area contributed by atoms with Gasteiger partial charge < -0.3 is 15.1 Å². The van der Waals surface area contributed by atoms with Crippen molar-refractivity contribution >= 4 is 11.8 Å². The van der Waals surface area contributed by atoms with Gasteiger partial charge in [-0.2, -0.15) is 11.8 Å². The first-order chi connectivity index (χ1) is 9.02. The summed E-state index contributed by atoms with van der Waals surface area (Å²) in [4.78, 5) is 4.89. The molecule has 0 aliphatic carbocycles. The smallest absolute Gasteiger partial charge is 0.101 e.